The summed E-state index contributed by atoms with van der Waals surface area (Å²) >= 11 is 0. The minimum atomic E-state index is -0.0152. The van der Waals surface area contributed by atoms with Gasteiger partial charge in [0.2, 0.25) is 5.91 Å². The minimum Gasteiger partial charge on any atom is -0.496 e. The second-order valence-electron chi connectivity index (χ2n) is 7.69. The van der Waals surface area contributed by atoms with E-state index < -0.39 is 0 Å². The van der Waals surface area contributed by atoms with Gasteiger partial charge >= 0.3 is 0 Å². The maximum Gasteiger partial charge on any atom is 0.227 e. The number of para-hydroxylation sites is 1. The molecule has 32 heavy (non-hydrogen) atoms. The van der Waals surface area contributed by atoms with E-state index in [9.17, 15) is 4.79 Å². The summed E-state index contributed by atoms with van der Waals surface area (Å²) in [5.41, 5.74) is 2.48. The van der Waals surface area contributed by atoms with Gasteiger partial charge in [0.25, 0.3) is 0 Å². The van der Waals surface area contributed by atoms with Crippen LogP contribution >= 0.6 is 0 Å². The van der Waals surface area contributed by atoms with Crippen LogP contribution in [0.3, 0.4) is 0 Å². The van der Waals surface area contributed by atoms with Crippen LogP contribution < -0.4 is 19.7 Å². The summed E-state index contributed by atoms with van der Waals surface area (Å²) in [5, 5.41) is 11.8. The first-order chi connectivity index (χ1) is 15.7. The van der Waals surface area contributed by atoms with Crippen molar-refractivity contribution in [2.24, 2.45) is 5.92 Å². The monoisotopic (exact) mass is 432 g/mol. The van der Waals surface area contributed by atoms with E-state index in [1.54, 1.807) is 7.11 Å². The Morgan fingerprint density at radius 2 is 1.78 bits per heavy atom. The molecule has 7 nitrogen and oxygen atoms in total. The van der Waals surface area contributed by atoms with Crippen LogP contribution in [0.25, 0.3) is 11.3 Å². The zero-order valence-electron chi connectivity index (χ0n) is 18.5. The number of ether oxygens (including phenoxy) is 2. The van der Waals surface area contributed by atoms with Crippen molar-refractivity contribution in [3.63, 3.8) is 0 Å². The zero-order chi connectivity index (χ0) is 22.3. The smallest absolute Gasteiger partial charge is 0.227 e. The van der Waals surface area contributed by atoms with Gasteiger partial charge < -0.3 is 19.7 Å². The van der Waals surface area contributed by atoms with E-state index in [2.05, 4.69) is 20.4 Å². The molecule has 0 aliphatic carbocycles. The molecule has 0 saturated carbocycles. The molecule has 7 heteroatoms. The highest BCUT2D eigenvalue weighted by Gasteiger charge is 2.26. The number of rotatable bonds is 7. The van der Waals surface area contributed by atoms with Gasteiger partial charge in [-0.15, -0.1) is 10.2 Å². The SMILES string of the molecule is CCOc1ccc(NC(=O)C2CCN(c3ccc(-c4ccccc4OC)nn3)CC2)cc1. The Labute approximate surface area is 188 Å². The standard InChI is InChI=1S/C25H28N4O3/c1-3-32-20-10-8-19(9-11-20)26-25(30)18-14-16-29(17-15-18)24-13-12-22(27-28-24)21-6-4-5-7-23(21)31-2/h4-13,18H,3,14-17H2,1-2H3,(H,26,30). The Morgan fingerprint density at radius 1 is 1.03 bits per heavy atom. The fraction of sp³-hybridized carbons (Fsp3) is 0.320. The van der Waals surface area contributed by atoms with Crippen LogP contribution in [0.5, 0.6) is 11.5 Å². The zero-order valence-corrected chi connectivity index (χ0v) is 18.5. The maximum atomic E-state index is 12.7. The Hall–Kier alpha value is -3.61. The van der Waals surface area contributed by atoms with Crippen molar-refractivity contribution in [1.29, 1.82) is 0 Å². The molecule has 0 atom stereocenters. The van der Waals surface area contributed by atoms with Crippen LogP contribution in [0, 0.1) is 5.92 Å². The van der Waals surface area contributed by atoms with Crippen LogP contribution in [0.1, 0.15) is 19.8 Å². The molecular formula is C25H28N4O3. The molecule has 0 unspecified atom stereocenters. The number of carbonyl (C=O) groups excluding carboxylic acids is 1. The van der Waals surface area contributed by atoms with Crippen molar-refractivity contribution in [3.8, 4) is 22.8 Å². The fourth-order valence-corrected chi connectivity index (χ4v) is 3.91. The van der Waals surface area contributed by atoms with Gasteiger partial charge in [-0.1, -0.05) is 12.1 Å². The highest BCUT2D eigenvalue weighted by molar-refractivity contribution is 5.92. The first-order valence-corrected chi connectivity index (χ1v) is 10.9. The third-order valence-electron chi connectivity index (χ3n) is 5.66. The lowest BCUT2D eigenvalue weighted by molar-refractivity contribution is -0.120. The molecule has 3 aromatic rings. The highest BCUT2D eigenvalue weighted by atomic mass is 16.5. The van der Waals surface area contributed by atoms with Gasteiger partial charge in [0.05, 0.1) is 19.4 Å². The summed E-state index contributed by atoms with van der Waals surface area (Å²) in [7, 11) is 1.65. The van der Waals surface area contributed by atoms with Crippen molar-refractivity contribution in [1.82, 2.24) is 10.2 Å². The van der Waals surface area contributed by atoms with Gasteiger partial charge in [-0.3, -0.25) is 4.79 Å². The Morgan fingerprint density at radius 3 is 2.44 bits per heavy atom. The molecule has 2 aromatic carbocycles. The molecule has 0 bridgehead atoms. The number of piperidine rings is 1. The third-order valence-corrected chi connectivity index (χ3v) is 5.66. The van der Waals surface area contributed by atoms with Crippen molar-refractivity contribution < 1.29 is 14.3 Å². The van der Waals surface area contributed by atoms with Gasteiger partial charge in [-0.2, -0.15) is 0 Å². The van der Waals surface area contributed by atoms with E-state index in [-0.39, 0.29) is 11.8 Å². The molecule has 1 fully saturated rings. The van der Waals surface area contributed by atoms with Gasteiger partial charge in [-0.05, 0) is 68.3 Å². The lowest BCUT2D eigenvalue weighted by atomic mass is 9.95. The van der Waals surface area contributed by atoms with E-state index in [1.165, 1.54) is 0 Å². The molecule has 1 amide bonds. The van der Waals surface area contributed by atoms with Crippen LogP contribution in [-0.2, 0) is 4.79 Å². The summed E-state index contributed by atoms with van der Waals surface area (Å²) < 4.78 is 10.9. The van der Waals surface area contributed by atoms with E-state index >= 15 is 0 Å². The van der Waals surface area contributed by atoms with Crippen molar-refractivity contribution in [2.45, 2.75) is 19.8 Å². The van der Waals surface area contributed by atoms with Crippen LogP contribution in [0.2, 0.25) is 0 Å². The molecule has 1 N–H and O–H groups in total. The number of hydrogen-bond acceptors (Lipinski definition) is 6. The number of amides is 1. The average molecular weight is 433 g/mol. The van der Waals surface area contributed by atoms with E-state index in [0.29, 0.717) is 6.61 Å². The number of anilines is 2. The van der Waals surface area contributed by atoms with E-state index in [1.807, 2.05) is 67.6 Å². The Balaban J connectivity index is 1.32. The second kappa shape index (κ2) is 10.1. The molecule has 166 valence electrons. The summed E-state index contributed by atoms with van der Waals surface area (Å²) in [6, 6.07) is 19.2. The molecule has 2 heterocycles. The average Bonchev–Trinajstić information content (AvgIpc) is 2.85. The molecule has 1 aromatic heterocycles. The number of methoxy groups -OCH3 is 1. The predicted octanol–water partition coefficient (Wildman–Crippen LogP) is 4.41. The topological polar surface area (TPSA) is 76.6 Å². The molecule has 0 spiro atoms. The summed E-state index contributed by atoms with van der Waals surface area (Å²) in [6.07, 6.45) is 1.55. The number of benzene rings is 2. The number of nitrogens with one attached hydrogen (secondary N) is 1. The number of aromatic nitrogens is 2. The Kier molecular flexibility index (Phi) is 6.84. The fourth-order valence-electron chi connectivity index (χ4n) is 3.91. The minimum absolute atomic E-state index is 0.0152. The second-order valence-corrected chi connectivity index (χ2v) is 7.69. The van der Waals surface area contributed by atoms with Gasteiger partial charge in [0.15, 0.2) is 5.82 Å². The first kappa shape index (κ1) is 21.6. The van der Waals surface area contributed by atoms with Gasteiger partial charge in [0, 0.05) is 30.3 Å². The van der Waals surface area contributed by atoms with Crippen LogP contribution in [0.4, 0.5) is 11.5 Å². The quantitative estimate of drug-likeness (QED) is 0.596. The summed E-state index contributed by atoms with van der Waals surface area (Å²) in [6.45, 7) is 4.11. The largest absolute Gasteiger partial charge is 0.496 e. The van der Waals surface area contributed by atoms with E-state index in [4.69, 9.17) is 9.47 Å². The number of hydrogen-bond donors (Lipinski definition) is 1. The lowest BCUT2D eigenvalue weighted by Gasteiger charge is -2.31. The molecule has 1 saturated heterocycles. The number of carbonyl (C=O) groups is 1. The van der Waals surface area contributed by atoms with Crippen molar-refractivity contribution in [3.05, 3.63) is 60.7 Å². The Bertz CT molecular complexity index is 1030. The predicted molar refractivity (Wildman–Crippen MR) is 125 cm³/mol. The van der Waals surface area contributed by atoms with E-state index in [0.717, 1.165) is 60.2 Å². The summed E-state index contributed by atoms with van der Waals surface area (Å²) in [5.74, 6) is 2.45. The molecular weight excluding hydrogens is 404 g/mol. The number of nitrogens with zero attached hydrogens (tertiary/aromatic N) is 3. The van der Waals surface area contributed by atoms with Crippen LogP contribution in [-0.4, -0.2) is 42.9 Å². The van der Waals surface area contributed by atoms with Crippen molar-refractivity contribution in [2.75, 3.05) is 37.0 Å². The molecule has 1 aliphatic heterocycles. The highest BCUT2D eigenvalue weighted by Crippen LogP contribution is 2.29. The molecule has 0 radical (unpaired) electrons. The molecule has 1 aliphatic rings. The normalized spacial score (nSPS) is 14.1. The summed E-state index contributed by atoms with van der Waals surface area (Å²) in [4.78, 5) is 14.9. The van der Waals surface area contributed by atoms with Crippen LogP contribution in [0.15, 0.2) is 60.7 Å². The first-order valence-electron chi connectivity index (χ1n) is 10.9. The third kappa shape index (κ3) is 4.99. The van der Waals surface area contributed by atoms with Crippen molar-refractivity contribution >= 4 is 17.4 Å². The lowest BCUT2D eigenvalue weighted by Crippen LogP contribution is -2.38. The maximum absolute atomic E-state index is 12.7. The van der Waals surface area contributed by atoms with Gasteiger partial charge in [-0.25, -0.2) is 0 Å². The molecule has 4 rings (SSSR count). The van der Waals surface area contributed by atoms with Gasteiger partial charge in [0.1, 0.15) is 11.5 Å².